The van der Waals surface area contributed by atoms with Crippen LogP contribution in [0.1, 0.15) is 32.3 Å². The minimum atomic E-state index is -0.883. The molecule has 0 saturated heterocycles. The molecule has 0 saturated carbocycles. The second-order valence-electron chi connectivity index (χ2n) is 5.62. The maximum Gasteiger partial charge on any atom is 0.303 e. The molecular weight excluding hydrogens is 342 g/mol. The van der Waals surface area contributed by atoms with Crippen LogP contribution in [0.4, 0.5) is 0 Å². The molecule has 3 N–H and O–H groups in total. The van der Waals surface area contributed by atoms with Crippen molar-refractivity contribution in [1.82, 2.24) is 9.55 Å². The number of carboxylic acids is 1. The molecule has 25 heavy (non-hydrogen) atoms. The number of rotatable bonds is 6. The van der Waals surface area contributed by atoms with Crippen molar-refractivity contribution in [1.29, 1.82) is 0 Å². The lowest BCUT2D eigenvalue weighted by atomic mass is 10.0. The summed E-state index contributed by atoms with van der Waals surface area (Å²) in [5.74, 6) is -1.15. The molecule has 0 aliphatic carbocycles. The molecule has 0 aromatic carbocycles. The molecule has 0 fully saturated rings. The molecule has 0 atom stereocenters. The van der Waals surface area contributed by atoms with Gasteiger partial charge in [-0.25, -0.2) is 0 Å². The molecule has 2 heterocycles. The fourth-order valence-corrected chi connectivity index (χ4v) is 2.89. The summed E-state index contributed by atoms with van der Waals surface area (Å²) in [6.45, 7) is 7.45. The van der Waals surface area contributed by atoms with Gasteiger partial charge in [-0.1, -0.05) is 6.08 Å². The van der Waals surface area contributed by atoms with Crippen LogP contribution in [0.3, 0.4) is 0 Å². The highest BCUT2D eigenvalue weighted by Crippen LogP contribution is 2.30. The van der Waals surface area contributed by atoms with Gasteiger partial charge in [-0.2, -0.15) is 0 Å². The molecule has 0 radical (unpaired) electrons. The van der Waals surface area contributed by atoms with Crippen molar-refractivity contribution in [2.45, 2.75) is 33.2 Å². The predicted octanol–water partition coefficient (Wildman–Crippen LogP) is 2.79. The van der Waals surface area contributed by atoms with Crippen molar-refractivity contribution in [3.05, 3.63) is 50.2 Å². The summed E-state index contributed by atoms with van der Waals surface area (Å²) < 4.78 is 1.46. The van der Waals surface area contributed by atoms with Crippen LogP contribution in [0, 0.1) is 4.77 Å². The number of allylic oxidation sites excluding steroid dienone is 3. The number of aliphatic imine (C=N–C) groups is 1. The van der Waals surface area contributed by atoms with Crippen LogP contribution < -0.4 is 5.56 Å². The van der Waals surface area contributed by atoms with E-state index in [2.05, 4.69) is 16.6 Å². The number of carboxylic acid groups (broad SMARTS) is 1. The summed E-state index contributed by atoms with van der Waals surface area (Å²) in [4.78, 5) is 29.9. The molecule has 8 heteroatoms. The van der Waals surface area contributed by atoms with Crippen LogP contribution in [0.15, 0.2) is 39.3 Å². The monoisotopic (exact) mass is 361 g/mol. The number of hydrogen-bond acceptors (Lipinski definition) is 5. The van der Waals surface area contributed by atoms with Gasteiger partial charge in [0.25, 0.3) is 5.56 Å². The number of carbonyl (C=O) groups is 1. The molecule has 1 aromatic rings. The molecule has 7 nitrogen and oxygen atoms in total. The van der Waals surface area contributed by atoms with Gasteiger partial charge in [0.1, 0.15) is 5.56 Å². The van der Waals surface area contributed by atoms with Crippen LogP contribution in [0.5, 0.6) is 5.88 Å². The van der Waals surface area contributed by atoms with E-state index >= 15 is 0 Å². The Balaban J connectivity index is 2.53. The van der Waals surface area contributed by atoms with Gasteiger partial charge < -0.3 is 10.2 Å². The Morgan fingerprint density at radius 2 is 2.12 bits per heavy atom. The predicted molar refractivity (Wildman–Crippen MR) is 98.4 cm³/mol. The Labute approximate surface area is 149 Å². The minimum absolute atomic E-state index is 0.00261. The first kappa shape index (κ1) is 18.6. The number of aromatic nitrogens is 2. The molecular formula is C17H19N3O4S. The molecule has 0 bridgehead atoms. The lowest BCUT2D eigenvalue weighted by Gasteiger charge is -2.09. The van der Waals surface area contributed by atoms with Crippen LogP contribution in [-0.2, 0) is 11.3 Å². The number of aliphatic carboxylic acids is 1. The van der Waals surface area contributed by atoms with Gasteiger partial charge in [0.05, 0.1) is 5.70 Å². The van der Waals surface area contributed by atoms with E-state index in [4.69, 9.17) is 17.3 Å². The Morgan fingerprint density at radius 3 is 2.72 bits per heavy atom. The van der Waals surface area contributed by atoms with E-state index in [1.165, 1.54) is 10.6 Å². The maximum absolute atomic E-state index is 12.2. The Morgan fingerprint density at radius 1 is 1.44 bits per heavy atom. The average Bonchev–Trinajstić information content (AvgIpc) is 2.79. The SMILES string of the molecule is C=CCn1c(O)c(C=C2N=C(C)C(CCC(=O)O)=C2C)c(=O)[nH]c1=S. The number of nitrogens with zero attached hydrogens (tertiary/aromatic N) is 2. The number of H-pyrrole nitrogens is 1. The highest BCUT2D eigenvalue weighted by Gasteiger charge is 2.20. The summed E-state index contributed by atoms with van der Waals surface area (Å²) in [5.41, 5.74) is 2.37. The van der Waals surface area contributed by atoms with Crippen LogP contribution in [0.25, 0.3) is 6.08 Å². The van der Waals surface area contributed by atoms with Gasteiger partial charge in [-0.05, 0) is 49.7 Å². The average molecular weight is 361 g/mol. The number of aromatic amines is 1. The van der Waals surface area contributed by atoms with Gasteiger partial charge in [-0.15, -0.1) is 6.58 Å². The largest absolute Gasteiger partial charge is 0.494 e. The Hall–Kier alpha value is -2.74. The highest BCUT2D eigenvalue weighted by atomic mass is 32.1. The standard InChI is InChI=1S/C17H19N3O4S/c1-4-7-20-16(24)12(15(23)19-17(20)25)8-13-9(2)11(10(3)18-13)5-6-14(21)22/h4,8,24H,1,5-7H2,2-3H3,(H,21,22)(H,19,23,25). The van der Waals surface area contributed by atoms with E-state index in [0.29, 0.717) is 17.8 Å². The minimum Gasteiger partial charge on any atom is -0.494 e. The molecule has 1 aromatic heterocycles. The van der Waals surface area contributed by atoms with Gasteiger partial charge in [0.15, 0.2) is 4.77 Å². The lowest BCUT2D eigenvalue weighted by Crippen LogP contribution is -2.16. The van der Waals surface area contributed by atoms with Crippen LogP contribution in [0.2, 0.25) is 0 Å². The number of hydrogen-bond donors (Lipinski definition) is 3. The van der Waals surface area contributed by atoms with Crippen molar-refractivity contribution < 1.29 is 15.0 Å². The quantitative estimate of drug-likeness (QED) is 0.533. The zero-order chi connectivity index (χ0) is 18.7. The van der Waals surface area contributed by atoms with E-state index in [-0.39, 0.29) is 29.2 Å². The molecule has 1 aliphatic rings. The molecule has 0 amide bonds. The van der Waals surface area contributed by atoms with Gasteiger partial charge in [-0.3, -0.25) is 24.1 Å². The Bertz CT molecular complexity index is 948. The zero-order valence-corrected chi connectivity index (χ0v) is 14.8. The number of aromatic hydroxyl groups is 1. The van der Waals surface area contributed by atoms with E-state index in [1.54, 1.807) is 13.0 Å². The first-order valence-corrected chi connectivity index (χ1v) is 8.03. The third-order valence-electron chi connectivity index (χ3n) is 3.95. The summed E-state index contributed by atoms with van der Waals surface area (Å²) in [5, 5.41) is 19.2. The molecule has 2 rings (SSSR count). The van der Waals surface area contributed by atoms with Gasteiger partial charge >= 0.3 is 5.97 Å². The van der Waals surface area contributed by atoms with Crippen molar-refractivity contribution >= 4 is 30.0 Å². The molecule has 1 aliphatic heterocycles. The first-order chi connectivity index (χ1) is 11.8. The fourth-order valence-electron chi connectivity index (χ4n) is 2.64. The van der Waals surface area contributed by atoms with Crippen LogP contribution in [-0.4, -0.2) is 31.4 Å². The third-order valence-corrected chi connectivity index (χ3v) is 4.27. The van der Waals surface area contributed by atoms with Crippen molar-refractivity contribution in [2.75, 3.05) is 0 Å². The summed E-state index contributed by atoms with van der Waals surface area (Å²) in [7, 11) is 0. The third kappa shape index (κ3) is 3.85. The summed E-state index contributed by atoms with van der Waals surface area (Å²) >= 11 is 5.04. The summed E-state index contributed by atoms with van der Waals surface area (Å²) in [6.07, 6.45) is 3.40. The lowest BCUT2D eigenvalue weighted by molar-refractivity contribution is -0.136. The van der Waals surface area contributed by atoms with Gasteiger partial charge in [0, 0.05) is 18.7 Å². The van der Waals surface area contributed by atoms with Gasteiger partial charge in [0.2, 0.25) is 5.88 Å². The van der Waals surface area contributed by atoms with Crippen molar-refractivity contribution in [3.63, 3.8) is 0 Å². The molecule has 132 valence electrons. The highest BCUT2D eigenvalue weighted by molar-refractivity contribution is 7.71. The van der Waals surface area contributed by atoms with Crippen molar-refractivity contribution in [2.24, 2.45) is 4.99 Å². The Kier molecular flexibility index (Phi) is 5.53. The second-order valence-corrected chi connectivity index (χ2v) is 6.01. The fraction of sp³-hybridized carbons (Fsp3) is 0.294. The normalized spacial score (nSPS) is 15.6. The maximum atomic E-state index is 12.2. The van der Waals surface area contributed by atoms with E-state index in [0.717, 1.165) is 11.1 Å². The van der Waals surface area contributed by atoms with E-state index in [9.17, 15) is 14.7 Å². The summed E-state index contributed by atoms with van der Waals surface area (Å²) in [6, 6.07) is 0. The number of nitrogens with one attached hydrogen (secondary N) is 1. The molecule has 0 unspecified atom stereocenters. The van der Waals surface area contributed by atoms with E-state index < -0.39 is 11.5 Å². The van der Waals surface area contributed by atoms with Crippen LogP contribution >= 0.6 is 12.2 Å². The second kappa shape index (κ2) is 7.43. The topological polar surface area (TPSA) is 108 Å². The molecule has 0 spiro atoms. The van der Waals surface area contributed by atoms with Crippen molar-refractivity contribution in [3.8, 4) is 5.88 Å². The van der Waals surface area contributed by atoms with E-state index in [1.807, 2.05) is 6.92 Å². The zero-order valence-electron chi connectivity index (χ0n) is 14.0. The smallest absolute Gasteiger partial charge is 0.303 e. The first-order valence-electron chi connectivity index (χ1n) is 7.62.